The Morgan fingerprint density at radius 2 is 2.43 bits per heavy atom. The van der Waals surface area contributed by atoms with E-state index in [1.54, 1.807) is 7.11 Å². The van der Waals surface area contributed by atoms with Crippen molar-refractivity contribution in [3.8, 4) is 0 Å². The van der Waals surface area contributed by atoms with E-state index in [0.29, 0.717) is 6.54 Å². The third kappa shape index (κ3) is 2.69. The van der Waals surface area contributed by atoms with Crippen LogP contribution in [0.2, 0.25) is 0 Å². The summed E-state index contributed by atoms with van der Waals surface area (Å²) >= 11 is 0. The molecule has 0 bridgehead atoms. The monoisotopic (exact) mass is 200 g/mol. The average Bonchev–Trinajstić information content (AvgIpc) is 2.65. The minimum absolute atomic E-state index is 0.0515. The molecule has 1 amide bonds. The lowest BCUT2D eigenvalue weighted by atomic mass is 10.1. The topological polar surface area (TPSA) is 55.6 Å². The lowest BCUT2D eigenvalue weighted by Gasteiger charge is -2.20. The van der Waals surface area contributed by atoms with Crippen molar-refractivity contribution in [2.75, 3.05) is 26.7 Å². The Kier molecular flexibility index (Phi) is 4.35. The first kappa shape index (κ1) is 11.5. The first-order valence-electron chi connectivity index (χ1n) is 5.20. The maximum absolute atomic E-state index is 11.8. The number of amides is 1. The summed E-state index contributed by atoms with van der Waals surface area (Å²) in [5.74, 6) is 0.269. The Hall–Kier alpha value is -0.610. The van der Waals surface area contributed by atoms with Crippen molar-refractivity contribution < 1.29 is 9.53 Å². The summed E-state index contributed by atoms with van der Waals surface area (Å²) in [6, 6.07) is 0. The molecule has 4 nitrogen and oxygen atoms in total. The first-order valence-corrected chi connectivity index (χ1v) is 5.20. The zero-order valence-corrected chi connectivity index (χ0v) is 9.03. The fraction of sp³-hybridized carbons (Fsp3) is 0.900. The van der Waals surface area contributed by atoms with E-state index in [9.17, 15) is 4.79 Å². The molecule has 1 rings (SSSR count). The van der Waals surface area contributed by atoms with E-state index < -0.39 is 0 Å². The van der Waals surface area contributed by atoms with Gasteiger partial charge in [-0.2, -0.15) is 0 Å². The maximum atomic E-state index is 11.8. The molecular weight excluding hydrogens is 180 g/mol. The van der Waals surface area contributed by atoms with Gasteiger partial charge in [0.1, 0.15) is 0 Å². The van der Waals surface area contributed by atoms with Crippen LogP contribution in [0.3, 0.4) is 0 Å². The largest absolute Gasteiger partial charge is 0.380 e. The molecule has 1 saturated heterocycles. The van der Waals surface area contributed by atoms with Crippen LogP contribution in [0.5, 0.6) is 0 Å². The van der Waals surface area contributed by atoms with E-state index in [4.69, 9.17) is 10.5 Å². The van der Waals surface area contributed by atoms with E-state index in [1.807, 2.05) is 11.8 Å². The van der Waals surface area contributed by atoms with Gasteiger partial charge >= 0.3 is 0 Å². The van der Waals surface area contributed by atoms with Gasteiger partial charge < -0.3 is 15.4 Å². The SMILES string of the molecule is COC1CCN(C(=O)C(C)CCN)C1. The Morgan fingerprint density at radius 1 is 1.71 bits per heavy atom. The predicted octanol–water partition coefficient (Wildman–Crippen LogP) is 0.219. The van der Waals surface area contributed by atoms with Crippen LogP contribution >= 0.6 is 0 Å². The Balaban J connectivity index is 2.38. The van der Waals surface area contributed by atoms with E-state index in [-0.39, 0.29) is 17.9 Å². The van der Waals surface area contributed by atoms with Gasteiger partial charge in [0.05, 0.1) is 6.10 Å². The summed E-state index contributed by atoms with van der Waals surface area (Å²) in [5.41, 5.74) is 5.42. The summed E-state index contributed by atoms with van der Waals surface area (Å²) < 4.78 is 5.21. The molecule has 0 aliphatic carbocycles. The average molecular weight is 200 g/mol. The molecule has 82 valence electrons. The van der Waals surface area contributed by atoms with Gasteiger partial charge in [0, 0.05) is 26.1 Å². The van der Waals surface area contributed by atoms with E-state index in [2.05, 4.69) is 0 Å². The van der Waals surface area contributed by atoms with Gasteiger partial charge in [0.2, 0.25) is 5.91 Å². The lowest BCUT2D eigenvalue weighted by molar-refractivity contribution is -0.134. The highest BCUT2D eigenvalue weighted by Gasteiger charge is 2.28. The highest BCUT2D eigenvalue weighted by molar-refractivity contribution is 5.78. The molecule has 1 aliphatic heterocycles. The quantitative estimate of drug-likeness (QED) is 0.706. The molecular formula is C10H20N2O2. The number of carbonyl (C=O) groups is 1. The van der Waals surface area contributed by atoms with Gasteiger partial charge in [-0.1, -0.05) is 6.92 Å². The number of likely N-dealkylation sites (tertiary alicyclic amines) is 1. The molecule has 2 atom stereocenters. The van der Waals surface area contributed by atoms with Gasteiger partial charge in [-0.05, 0) is 19.4 Å². The molecule has 0 aromatic carbocycles. The fourth-order valence-electron chi connectivity index (χ4n) is 1.81. The smallest absolute Gasteiger partial charge is 0.225 e. The van der Waals surface area contributed by atoms with Crippen molar-refractivity contribution in [2.45, 2.75) is 25.9 Å². The van der Waals surface area contributed by atoms with Crippen LogP contribution in [0.4, 0.5) is 0 Å². The molecule has 0 aromatic rings. The van der Waals surface area contributed by atoms with Crippen molar-refractivity contribution >= 4 is 5.91 Å². The normalized spacial score (nSPS) is 23.9. The zero-order valence-electron chi connectivity index (χ0n) is 9.03. The maximum Gasteiger partial charge on any atom is 0.225 e. The molecule has 1 aliphatic rings. The third-order valence-corrected chi connectivity index (χ3v) is 2.81. The third-order valence-electron chi connectivity index (χ3n) is 2.81. The van der Waals surface area contributed by atoms with Crippen LogP contribution in [0.25, 0.3) is 0 Å². The van der Waals surface area contributed by atoms with Gasteiger partial charge in [0.25, 0.3) is 0 Å². The number of hydrogen-bond donors (Lipinski definition) is 1. The second kappa shape index (κ2) is 5.32. The minimum atomic E-state index is 0.0515. The van der Waals surface area contributed by atoms with Crippen molar-refractivity contribution in [2.24, 2.45) is 11.7 Å². The Labute approximate surface area is 85.4 Å². The summed E-state index contributed by atoms with van der Waals surface area (Å²) in [6.45, 7) is 4.08. The molecule has 1 heterocycles. The zero-order chi connectivity index (χ0) is 10.6. The summed E-state index contributed by atoms with van der Waals surface area (Å²) in [6.07, 6.45) is 1.95. The lowest BCUT2D eigenvalue weighted by Crippen LogP contribution is -2.34. The highest BCUT2D eigenvalue weighted by Crippen LogP contribution is 2.15. The predicted molar refractivity (Wildman–Crippen MR) is 54.8 cm³/mol. The number of nitrogens with zero attached hydrogens (tertiary/aromatic N) is 1. The molecule has 1 fully saturated rings. The summed E-state index contributed by atoms with van der Waals surface area (Å²) in [4.78, 5) is 13.7. The molecule has 0 radical (unpaired) electrons. The van der Waals surface area contributed by atoms with Crippen LogP contribution in [0, 0.1) is 5.92 Å². The molecule has 0 saturated carbocycles. The number of ether oxygens (including phenoxy) is 1. The number of carbonyl (C=O) groups excluding carboxylic acids is 1. The van der Waals surface area contributed by atoms with E-state index in [0.717, 1.165) is 25.9 Å². The molecule has 2 unspecified atom stereocenters. The van der Waals surface area contributed by atoms with Crippen LogP contribution in [-0.4, -0.2) is 43.7 Å². The van der Waals surface area contributed by atoms with Crippen LogP contribution < -0.4 is 5.73 Å². The van der Waals surface area contributed by atoms with Crippen molar-refractivity contribution in [3.63, 3.8) is 0 Å². The molecule has 0 spiro atoms. The highest BCUT2D eigenvalue weighted by atomic mass is 16.5. The van der Waals surface area contributed by atoms with Gasteiger partial charge in [-0.15, -0.1) is 0 Å². The molecule has 0 aromatic heterocycles. The first-order chi connectivity index (χ1) is 6.69. The number of methoxy groups -OCH3 is 1. The van der Waals surface area contributed by atoms with E-state index >= 15 is 0 Å². The van der Waals surface area contributed by atoms with Crippen molar-refractivity contribution in [1.82, 2.24) is 4.90 Å². The van der Waals surface area contributed by atoms with Crippen molar-refractivity contribution in [3.05, 3.63) is 0 Å². The standard InChI is InChI=1S/C10H20N2O2/c1-8(3-5-11)10(13)12-6-4-9(7-12)14-2/h8-9H,3-7,11H2,1-2H3. The summed E-state index contributed by atoms with van der Waals surface area (Å²) in [7, 11) is 1.70. The number of nitrogens with two attached hydrogens (primary N) is 1. The Bertz CT molecular complexity index is 197. The van der Waals surface area contributed by atoms with Crippen molar-refractivity contribution in [1.29, 1.82) is 0 Å². The van der Waals surface area contributed by atoms with Gasteiger partial charge in [-0.3, -0.25) is 4.79 Å². The van der Waals surface area contributed by atoms with Crippen LogP contribution in [-0.2, 0) is 9.53 Å². The Morgan fingerprint density at radius 3 is 2.93 bits per heavy atom. The fourth-order valence-corrected chi connectivity index (χ4v) is 1.81. The molecule has 2 N–H and O–H groups in total. The summed E-state index contributed by atoms with van der Waals surface area (Å²) in [5, 5.41) is 0. The van der Waals surface area contributed by atoms with Gasteiger partial charge in [-0.25, -0.2) is 0 Å². The molecule has 4 heteroatoms. The van der Waals surface area contributed by atoms with Crippen LogP contribution in [0.15, 0.2) is 0 Å². The molecule has 14 heavy (non-hydrogen) atoms. The minimum Gasteiger partial charge on any atom is -0.380 e. The number of hydrogen-bond acceptors (Lipinski definition) is 3. The van der Waals surface area contributed by atoms with Gasteiger partial charge in [0.15, 0.2) is 0 Å². The second-order valence-corrected chi connectivity index (χ2v) is 3.91. The second-order valence-electron chi connectivity index (χ2n) is 3.91. The van der Waals surface area contributed by atoms with Crippen LogP contribution in [0.1, 0.15) is 19.8 Å². The number of rotatable bonds is 4. The van der Waals surface area contributed by atoms with E-state index in [1.165, 1.54) is 0 Å².